The Morgan fingerprint density at radius 2 is 1.45 bits per heavy atom. The molecule has 0 spiro atoms. The van der Waals surface area contributed by atoms with E-state index < -0.39 is 109 Å². The fraction of sp³-hybridized carbons (Fsp3) is 0.650. The first kappa shape index (κ1) is 47.3. The molecule has 0 saturated carbocycles. The van der Waals surface area contributed by atoms with Crippen LogP contribution in [0.4, 0.5) is 0 Å². The predicted octanol–water partition coefficient (Wildman–Crippen LogP) is -1.04. The van der Waals surface area contributed by atoms with E-state index in [9.17, 15) is 48.6 Å². The Labute approximate surface area is 340 Å². The first-order valence-corrected chi connectivity index (χ1v) is 19.9. The van der Waals surface area contributed by atoms with Gasteiger partial charge >= 0.3 is 5.97 Å². The van der Waals surface area contributed by atoms with Crippen LogP contribution in [0.25, 0.3) is 0 Å². The van der Waals surface area contributed by atoms with Crippen LogP contribution in [0.2, 0.25) is 0 Å². The Hall–Kier alpha value is -5.10. The summed E-state index contributed by atoms with van der Waals surface area (Å²) >= 11 is 0. The Morgan fingerprint density at radius 1 is 0.828 bits per heavy atom. The van der Waals surface area contributed by atoms with E-state index in [2.05, 4.69) is 31.9 Å². The molecule has 8 N–H and O–H groups in total. The van der Waals surface area contributed by atoms with Crippen molar-refractivity contribution in [1.82, 2.24) is 41.7 Å². The molecule has 0 aromatic heterocycles. The number of hydrogen-bond donors (Lipinski definition) is 8. The van der Waals surface area contributed by atoms with Crippen LogP contribution < -0.4 is 31.9 Å². The smallest absolute Gasteiger partial charge is 0.305 e. The molecule has 2 fully saturated rings. The van der Waals surface area contributed by atoms with Crippen molar-refractivity contribution >= 4 is 47.3 Å². The van der Waals surface area contributed by atoms with E-state index in [4.69, 9.17) is 0 Å². The minimum Gasteiger partial charge on any atom is -0.481 e. The van der Waals surface area contributed by atoms with Crippen molar-refractivity contribution in [2.45, 2.75) is 129 Å². The number of rotatable bonds is 10. The highest BCUT2D eigenvalue weighted by Gasteiger charge is 2.44. The fourth-order valence-electron chi connectivity index (χ4n) is 7.12. The van der Waals surface area contributed by atoms with Crippen LogP contribution in [0.15, 0.2) is 24.3 Å². The second-order valence-corrected chi connectivity index (χ2v) is 16.4. The minimum absolute atomic E-state index is 0.0607. The van der Waals surface area contributed by atoms with Crippen molar-refractivity contribution < 1.29 is 48.6 Å². The number of aliphatic hydroxyl groups excluding tert-OH is 1. The first-order valence-electron chi connectivity index (χ1n) is 19.9. The summed E-state index contributed by atoms with van der Waals surface area (Å²) in [6.45, 7) is 12.1. The summed E-state index contributed by atoms with van der Waals surface area (Å²) in [6.07, 6.45) is -1.46. The highest BCUT2D eigenvalue weighted by Crippen LogP contribution is 2.24. The summed E-state index contributed by atoms with van der Waals surface area (Å²) in [4.78, 5) is 111. The Morgan fingerprint density at radius 3 is 2.03 bits per heavy atom. The number of nitrogens with one attached hydrogen (secondary N) is 6. The SMILES string of the molecule is Cc1ccc(C[C@@H]2NC(=O)[C@@H]3CCCN3[C@H](C(=O)NCC(C)C)[C@H](C)NC(=O)[C@H]([C@@H](C)O)NC(=O)[C@H](CC(=O)O)NC(=O)[C@H](CC(C)C)NC(=O)CN(C)C2=O)cc1. The summed E-state index contributed by atoms with van der Waals surface area (Å²) in [7, 11) is 1.39. The van der Waals surface area contributed by atoms with Crippen LogP contribution in [-0.4, -0.2) is 142 Å². The number of aliphatic hydroxyl groups is 1. The number of amides is 7. The van der Waals surface area contributed by atoms with Gasteiger partial charge in [-0.15, -0.1) is 0 Å². The highest BCUT2D eigenvalue weighted by molar-refractivity contribution is 5.97. The lowest BCUT2D eigenvalue weighted by molar-refractivity contribution is -0.142. The molecule has 2 aliphatic rings. The normalized spacial score (nSPS) is 26.7. The molecule has 8 atom stereocenters. The molecular weight excluding hydrogens is 752 g/mol. The number of likely N-dealkylation sites (N-methyl/N-ethyl adjacent to an activating group) is 1. The maximum absolute atomic E-state index is 14.3. The number of aliphatic carboxylic acids is 1. The number of carbonyl (C=O) groups is 8. The molecule has 18 heteroatoms. The van der Waals surface area contributed by atoms with Crippen molar-refractivity contribution in [3.05, 3.63) is 35.4 Å². The molecule has 0 bridgehead atoms. The van der Waals surface area contributed by atoms with Gasteiger partial charge in [0.15, 0.2) is 0 Å². The van der Waals surface area contributed by atoms with Crippen LogP contribution >= 0.6 is 0 Å². The number of carbonyl (C=O) groups excluding carboxylic acids is 7. The molecule has 1 aromatic carbocycles. The van der Waals surface area contributed by atoms with Crippen LogP contribution in [0, 0.1) is 18.8 Å². The molecule has 2 saturated heterocycles. The number of hydrogen-bond acceptors (Lipinski definition) is 10. The minimum atomic E-state index is -1.74. The molecule has 322 valence electrons. The summed E-state index contributed by atoms with van der Waals surface area (Å²) < 4.78 is 0. The number of carboxylic acid groups (broad SMARTS) is 1. The van der Waals surface area contributed by atoms with Crippen molar-refractivity contribution in [3.63, 3.8) is 0 Å². The number of carboxylic acids is 1. The molecule has 1 aromatic rings. The zero-order chi connectivity index (χ0) is 43.4. The van der Waals surface area contributed by atoms with Gasteiger partial charge < -0.3 is 47.0 Å². The van der Waals surface area contributed by atoms with Gasteiger partial charge in [0.2, 0.25) is 41.4 Å². The van der Waals surface area contributed by atoms with Crippen LogP contribution in [-0.2, 0) is 44.8 Å². The number of aryl methyl sites for hydroxylation is 1. The Bertz CT molecular complexity index is 1650. The van der Waals surface area contributed by atoms with E-state index >= 15 is 0 Å². The summed E-state index contributed by atoms with van der Waals surface area (Å²) in [5, 5.41) is 36.1. The lowest BCUT2D eigenvalue weighted by atomic mass is 10.0. The maximum Gasteiger partial charge on any atom is 0.305 e. The molecule has 18 nitrogen and oxygen atoms in total. The maximum atomic E-state index is 14.3. The van der Waals surface area contributed by atoms with Gasteiger partial charge in [0.25, 0.3) is 0 Å². The second-order valence-electron chi connectivity index (χ2n) is 16.4. The van der Waals surface area contributed by atoms with E-state index in [0.29, 0.717) is 12.8 Å². The van der Waals surface area contributed by atoms with Gasteiger partial charge in [-0.2, -0.15) is 0 Å². The van der Waals surface area contributed by atoms with Crippen LogP contribution in [0.3, 0.4) is 0 Å². The van der Waals surface area contributed by atoms with E-state index in [1.54, 1.807) is 25.7 Å². The summed E-state index contributed by atoms with van der Waals surface area (Å²) in [5.41, 5.74) is 1.72. The van der Waals surface area contributed by atoms with Crippen molar-refractivity contribution in [2.24, 2.45) is 11.8 Å². The highest BCUT2D eigenvalue weighted by atomic mass is 16.4. The van der Waals surface area contributed by atoms with Gasteiger partial charge in [0.05, 0.1) is 31.2 Å². The van der Waals surface area contributed by atoms with Gasteiger partial charge in [-0.1, -0.05) is 57.5 Å². The molecule has 0 aliphatic carbocycles. The molecule has 0 unspecified atom stereocenters. The summed E-state index contributed by atoms with van der Waals surface area (Å²) in [6, 6.07) is -1.47. The molecule has 0 radical (unpaired) electrons. The third-order valence-electron chi connectivity index (χ3n) is 10.1. The zero-order valence-electron chi connectivity index (χ0n) is 34.8. The van der Waals surface area contributed by atoms with E-state index in [1.165, 1.54) is 14.0 Å². The zero-order valence-corrected chi connectivity index (χ0v) is 34.8. The van der Waals surface area contributed by atoms with Crippen LogP contribution in [0.5, 0.6) is 0 Å². The van der Waals surface area contributed by atoms with Crippen molar-refractivity contribution in [2.75, 3.05) is 26.7 Å². The molecule has 2 aliphatic heterocycles. The summed E-state index contributed by atoms with van der Waals surface area (Å²) in [5.74, 6) is -6.84. The van der Waals surface area contributed by atoms with Gasteiger partial charge in [0.1, 0.15) is 30.2 Å². The van der Waals surface area contributed by atoms with Crippen molar-refractivity contribution in [1.29, 1.82) is 0 Å². The Balaban J connectivity index is 2.14. The van der Waals surface area contributed by atoms with E-state index in [1.807, 2.05) is 45.0 Å². The van der Waals surface area contributed by atoms with Gasteiger partial charge in [-0.25, -0.2) is 0 Å². The largest absolute Gasteiger partial charge is 0.481 e. The number of nitrogens with zero attached hydrogens (tertiary/aromatic N) is 2. The van der Waals surface area contributed by atoms with E-state index in [0.717, 1.165) is 16.0 Å². The number of benzene rings is 1. The monoisotopic (exact) mass is 814 g/mol. The molecule has 58 heavy (non-hydrogen) atoms. The Kier molecular flexibility index (Phi) is 17.6. The van der Waals surface area contributed by atoms with Gasteiger partial charge in [-0.3, -0.25) is 43.3 Å². The van der Waals surface area contributed by atoms with Crippen molar-refractivity contribution in [3.8, 4) is 0 Å². The third-order valence-corrected chi connectivity index (χ3v) is 10.1. The van der Waals surface area contributed by atoms with Gasteiger partial charge in [-0.05, 0) is 64.0 Å². The van der Waals surface area contributed by atoms with Gasteiger partial charge in [0, 0.05) is 20.0 Å². The average molecular weight is 815 g/mol. The molecule has 3 rings (SSSR count). The standard InChI is InChI=1S/C40H62N8O10/c1-21(2)16-27-35(53)44-28(18-32(51)52)36(54)46-33(25(7)49)38(56)42-24(6)34(39(57)41-19-22(3)4)48-15-9-10-30(48)37(55)45-29(17-26-13-11-23(5)12-14-26)40(58)47(8)20-31(50)43-27/h11-14,21-22,24-25,27-30,33-34,49H,9-10,15-20H2,1-8H3,(H,41,57)(H,42,56)(H,43,50)(H,44,53)(H,45,55)(H,46,54)(H,51,52)/t24-,25+,27-,28-,29-,30-,33-,34-/m0/s1. The van der Waals surface area contributed by atoms with E-state index in [-0.39, 0.29) is 37.8 Å². The quantitative estimate of drug-likeness (QED) is 0.142. The average Bonchev–Trinajstić information content (AvgIpc) is 3.61. The third kappa shape index (κ3) is 13.8. The fourth-order valence-corrected chi connectivity index (χ4v) is 7.12. The molecular formula is C40H62N8O10. The number of fused-ring (bicyclic) bond motifs is 1. The predicted molar refractivity (Wildman–Crippen MR) is 213 cm³/mol. The molecule has 7 amide bonds. The topological polar surface area (TPSA) is 256 Å². The lowest BCUT2D eigenvalue weighted by Crippen LogP contribution is -2.64. The lowest BCUT2D eigenvalue weighted by Gasteiger charge is -2.37. The van der Waals surface area contributed by atoms with Crippen LogP contribution in [0.1, 0.15) is 78.4 Å². The molecule has 2 heterocycles. The first-order chi connectivity index (χ1) is 27.2. The second kappa shape index (κ2) is 21.6.